The van der Waals surface area contributed by atoms with Crippen LogP contribution >= 0.6 is 11.3 Å². The number of thiazole rings is 1. The standard InChI is InChI=1S/C36H48N4O2S/c1-2-20-40(36-37-33(26-43-36)28-14-8-4-9-15-28)31-18-21-38(22-19-31)23-30-24-39(25-32(30)27-12-6-3-7-13-27)34(35(41)42)29-16-10-5-11-17-29/h3-4,6-9,12-15,26,29-32,34H,2,5,10-11,16-25H2,1H3,(H,41,42). The molecule has 1 saturated carbocycles. The topological polar surface area (TPSA) is 59.9 Å². The van der Waals surface area contributed by atoms with E-state index in [1.54, 1.807) is 11.3 Å². The Bertz CT molecular complexity index is 1290. The number of carbonyl (C=O) groups is 1. The van der Waals surface area contributed by atoms with Gasteiger partial charge < -0.3 is 14.9 Å². The molecule has 0 bridgehead atoms. The molecular formula is C36H48N4O2S. The van der Waals surface area contributed by atoms with Gasteiger partial charge in [-0.2, -0.15) is 0 Å². The molecule has 3 aromatic rings. The maximum Gasteiger partial charge on any atom is 0.321 e. The lowest BCUT2D eigenvalue weighted by molar-refractivity contribution is -0.145. The molecule has 3 unspecified atom stereocenters. The van der Waals surface area contributed by atoms with Crippen LogP contribution in [0.1, 0.15) is 69.8 Å². The lowest BCUT2D eigenvalue weighted by Crippen LogP contribution is -2.48. The van der Waals surface area contributed by atoms with Gasteiger partial charge in [0, 0.05) is 62.2 Å². The Balaban J connectivity index is 1.12. The van der Waals surface area contributed by atoms with Crippen LogP contribution in [0.15, 0.2) is 66.0 Å². The summed E-state index contributed by atoms with van der Waals surface area (Å²) in [6.07, 6.45) is 9.12. The van der Waals surface area contributed by atoms with E-state index >= 15 is 0 Å². The molecule has 1 aliphatic carbocycles. The van der Waals surface area contributed by atoms with Gasteiger partial charge in [-0.1, -0.05) is 86.8 Å². The second kappa shape index (κ2) is 14.4. The van der Waals surface area contributed by atoms with Gasteiger partial charge in [0.15, 0.2) is 5.13 Å². The van der Waals surface area contributed by atoms with Crippen molar-refractivity contribution in [1.82, 2.24) is 14.8 Å². The average molecular weight is 601 g/mol. The summed E-state index contributed by atoms with van der Waals surface area (Å²) < 4.78 is 0. The summed E-state index contributed by atoms with van der Waals surface area (Å²) in [5, 5.41) is 13.7. The zero-order valence-corrected chi connectivity index (χ0v) is 26.5. The molecule has 0 radical (unpaired) electrons. The van der Waals surface area contributed by atoms with Crippen molar-refractivity contribution in [2.45, 2.75) is 76.3 Å². The van der Waals surface area contributed by atoms with Crippen molar-refractivity contribution in [3.8, 4) is 11.3 Å². The van der Waals surface area contributed by atoms with Crippen LogP contribution in [-0.4, -0.2) is 77.2 Å². The fourth-order valence-corrected chi connectivity index (χ4v) is 8.99. The molecule has 2 aliphatic heterocycles. The fraction of sp³-hybridized carbons (Fsp3) is 0.556. The van der Waals surface area contributed by atoms with Gasteiger partial charge in [0.1, 0.15) is 6.04 Å². The Morgan fingerprint density at radius 3 is 2.35 bits per heavy atom. The number of hydrogen-bond donors (Lipinski definition) is 1. The number of hydrogen-bond acceptors (Lipinski definition) is 6. The number of carboxylic acid groups (broad SMARTS) is 1. The predicted octanol–water partition coefficient (Wildman–Crippen LogP) is 7.24. The number of anilines is 1. The molecule has 0 amide bonds. The van der Waals surface area contributed by atoms with Crippen LogP contribution in [0.5, 0.6) is 0 Å². The minimum atomic E-state index is -0.617. The Kier molecular flexibility index (Phi) is 10.1. The second-order valence-electron chi connectivity index (χ2n) is 13.0. The number of aromatic nitrogens is 1. The summed E-state index contributed by atoms with van der Waals surface area (Å²) in [5.74, 6) is 0.500. The van der Waals surface area contributed by atoms with Crippen molar-refractivity contribution in [2.24, 2.45) is 11.8 Å². The van der Waals surface area contributed by atoms with Crippen LogP contribution in [-0.2, 0) is 4.79 Å². The van der Waals surface area contributed by atoms with Crippen molar-refractivity contribution in [2.75, 3.05) is 44.2 Å². The smallest absolute Gasteiger partial charge is 0.321 e. The van der Waals surface area contributed by atoms with E-state index in [0.717, 1.165) is 82.2 Å². The minimum Gasteiger partial charge on any atom is -0.480 e. The zero-order valence-electron chi connectivity index (χ0n) is 25.7. The van der Waals surface area contributed by atoms with Gasteiger partial charge >= 0.3 is 5.97 Å². The molecule has 43 heavy (non-hydrogen) atoms. The first-order valence-electron chi connectivity index (χ1n) is 16.6. The van der Waals surface area contributed by atoms with Gasteiger partial charge in [-0.3, -0.25) is 9.69 Å². The highest BCUT2D eigenvalue weighted by Gasteiger charge is 2.43. The highest BCUT2D eigenvalue weighted by Crippen LogP contribution is 2.39. The van der Waals surface area contributed by atoms with Gasteiger partial charge in [-0.05, 0) is 49.5 Å². The molecule has 2 saturated heterocycles. The SMILES string of the molecule is CCCN(c1nc(-c2ccccc2)cs1)C1CCN(CC2CN(C(C(=O)O)C3CCCCC3)CC2c2ccccc2)CC1. The predicted molar refractivity (Wildman–Crippen MR) is 177 cm³/mol. The highest BCUT2D eigenvalue weighted by atomic mass is 32.1. The van der Waals surface area contributed by atoms with E-state index in [-0.39, 0.29) is 12.0 Å². The average Bonchev–Trinajstić information content (AvgIpc) is 3.70. The third-order valence-corrected chi connectivity index (χ3v) is 11.1. The monoisotopic (exact) mass is 600 g/mol. The Hall–Kier alpha value is -2.74. The Morgan fingerprint density at radius 2 is 1.67 bits per heavy atom. The van der Waals surface area contributed by atoms with Crippen LogP contribution in [0.25, 0.3) is 11.3 Å². The normalized spacial score (nSPS) is 23.4. The van der Waals surface area contributed by atoms with Gasteiger partial charge in [0.05, 0.1) is 5.69 Å². The molecular weight excluding hydrogens is 552 g/mol. The van der Waals surface area contributed by atoms with Gasteiger partial charge in [-0.25, -0.2) is 4.98 Å². The summed E-state index contributed by atoms with van der Waals surface area (Å²) in [6, 6.07) is 21.5. The van der Waals surface area contributed by atoms with Crippen LogP contribution in [0.4, 0.5) is 5.13 Å². The maximum absolute atomic E-state index is 12.6. The number of nitrogens with zero attached hydrogens (tertiary/aromatic N) is 4. The molecule has 3 aliphatic rings. The number of benzene rings is 2. The van der Waals surface area contributed by atoms with Crippen molar-refractivity contribution in [1.29, 1.82) is 0 Å². The molecule has 3 fully saturated rings. The van der Waals surface area contributed by atoms with E-state index in [9.17, 15) is 9.90 Å². The van der Waals surface area contributed by atoms with E-state index in [0.29, 0.717) is 17.9 Å². The number of aliphatic carboxylic acids is 1. The molecule has 1 aromatic heterocycles. The molecule has 3 heterocycles. The van der Waals surface area contributed by atoms with Crippen molar-refractivity contribution in [3.05, 3.63) is 71.6 Å². The van der Waals surface area contributed by atoms with Crippen LogP contribution in [0.3, 0.4) is 0 Å². The second-order valence-corrected chi connectivity index (χ2v) is 13.9. The van der Waals surface area contributed by atoms with Gasteiger partial charge in [-0.15, -0.1) is 11.3 Å². The number of carboxylic acids is 1. The summed E-state index contributed by atoms with van der Waals surface area (Å²) >= 11 is 1.78. The summed E-state index contributed by atoms with van der Waals surface area (Å²) in [4.78, 5) is 25.3. The third kappa shape index (κ3) is 7.16. The van der Waals surface area contributed by atoms with E-state index < -0.39 is 5.97 Å². The molecule has 0 spiro atoms. The maximum atomic E-state index is 12.6. The molecule has 3 atom stereocenters. The lowest BCUT2D eigenvalue weighted by Gasteiger charge is -2.39. The Labute approximate surface area is 261 Å². The largest absolute Gasteiger partial charge is 0.480 e. The zero-order chi connectivity index (χ0) is 29.6. The minimum absolute atomic E-state index is 0.287. The quantitative estimate of drug-likeness (QED) is 0.250. The van der Waals surface area contributed by atoms with Crippen LogP contribution in [0, 0.1) is 11.8 Å². The van der Waals surface area contributed by atoms with E-state index in [2.05, 4.69) is 87.7 Å². The number of rotatable bonds is 11. The Morgan fingerprint density at radius 1 is 0.977 bits per heavy atom. The fourth-order valence-electron chi connectivity index (χ4n) is 8.06. The molecule has 1 N–H and O–H groups in total. The summed E-state index contributed by atoms with van der Waals surface area (Å²) in [5.41, 5.74) is 3.62. The molecule has 6 rings (SSSR count). The highest BCUT2D eigenvalue weighted by molar-refractivity contribution is 7.14. The first-order valence-corrected chi connectivity index (χ1v) is 17.5. The van der Waals surface area contributed by atoms with Gasteiger partial charge in [0.25, 0.3) is 0 Å². The van der Waals surface area contributed by atoms with Crippen LogP contribution < -0.4 is 4.90 Å². The number of likely N-dealkylation sites (tertiary alicyclic amines) is 2. The molecule has 7 heteroatoms. The molecule has 2 aromatic carbocycles. The van der Waals surface area contributed by atoms with Crippen molar-refractivity contribution >= 4 is 22.4 Å². The van der Waals surface area contributed by atoms with Crippen molar-refractivity contribution in [3.63, 3.8) is 0 Å². The first kappa shape index (κ1) is 30.3. The van der Waals surface area contributed by atoms with E-state index in [1.165, 1.54) is 30.4 Å². The van der Waals surface area contributed by atoms with E-state index in [1.807, 2.05) is 0 Å². The molecule has 230 valence electrons. The number of piperidine rings is 1. The molecule has 6 nitrogen and oxygen atoms in total. The van der Waals surface area contributed by atoms with Crippen LogP contribution in [0.2, 0.25) is 0 Å². The lowest BCUT2D eigenvalue weighted by atomic mass is 9.83. The van der Waals surface area contributed by atoms with E-state index in [4.69, 9.17) is 4.98 Å². The van der Waals surface area contributed by atoms with Crippen molar-refractivity contribution < 1.29 is 9.90 Å². The summed E-state index contributed by atoms with van der Waals surface area (Å²) in [7, 11) is 0. The summed E-state index contributed by atoms with van der Waals surface area (Å²) in [6.45, 7) is 8.27. The van der Waals surface area contributed by atoms with Gasteiger partial charge in [0.2, 0.25) is 0 Å². The first-order chi connectivity index (χ1) is 21.1. The third-order valence-electron chi connectivity index (χ3n) is 10.2.